The second-order valence-electron chi connectivity index (χ2n) is 10.9. The van der Waals surface area contributed by atoms with Crippen LogP contribution in [0.25, 0.3) is 32.3 Å². The van der Waals surface area contributed by atoms with Gasteiger partial charge in [-0.2, -0.15) is 38.8 Å². The van der Waals surface area contributed by atoms with E-state index in [1.165, 1.54) is 48.5 Å². The summed E-state index contributed by atoms with van der Waals surface area (Å²) in [4.78, 5) is -2.75. The van der Waals surface area contributed by atoms with Gasteiger partial charge in [0.05, 0.1) is 27.6 Å². The van der Waals surface area contributed by atoms with Gasteiger partial charge >= 0.3 is 0 Å². The summed E-state index contributed by atoms with van der Waals surface area (Å²) < 4.78 is 134. The summed E-state index contributed by atoms with van der Waals surface area (Å²) in [5.74, 6) is -0.921. The van der Waals surface area contributed by atoms with Crippen LogP contribution in [0, 0.1) is 0 Å². The van der Waals surface area contributed by atoms with Gasteiger partial charge in [0.15, 0.2) is 5.75 Å². The number of phenolic OH excluding ortho intramolecular Hbond substituents is 1. The van der Waals surface area contributed by atoms with Gasteiger partial charge in [-0.15, -0.1) is 15.3 Å². The second kappa shape index (κ2) is 12.6. The molecule has 0 aliphatic heterocycles. The largest absolute Gasteiger partial charge is 0.505 e. The molecule has 268 valence electrons. The van der Waals surface area contributed by atoms with Crippen LogP contribution in [-0.2, 0) is 40.5 Å². The summed E-state index contributed by atoms with van der Waals surface area (Å²) in [6.07, 6.45) is 0. The first-order chi connectivity index (χ1) is 24.1. The lowest BCUT2D eigenvalue weighted by atomic mass is 10.1. The van der Waals surface area contributed by atoms with E-state index in [0.717, 1.165) is 24.3 Å². The maximum absolute atomic E-state index is 12.4. The van der Waals surface area contributed by atoms with Crippen molar-refractivity contribution in [1.29, 1.82) is 0 Å². The van der Waals surface area contributed by atoms with E-state index in [-0.39, 0.29) is 48.9 Å². The van der Waals surface area contributed by atoms with Crippen LogP contribution in [0.15, 0.2) is 125 Å². The fourth-order valence-corrected chi connectivity index (χ4v) is 7.81. The highest BCUT2D eigenvalue weighted by atomic mass is 32.2. The molecule has 6 rings (SSSR count). The molecule has 0 amide bonds. The summed E-state index contributed by atoms with van der Waals surface area (Å²) in [5.41, 5.74) is 4.57. The number of nitrogens with two attached hydrogens (primary N) is 1. The second-order valence-corrected chi connectivity index (χ2v) is 16.5. The average molecular weight is 788 g/mol. The quantitative estimate of drug-likeness (QED) is 0.0564. The average Bonchev–Trinajstić information content (AvgIpc) is 3.04. The Morgan fingerprint density at radius 2 is 1.08 bits per heavy atom. The lowest BCUT2D eigenvalue weighted by Gasteiger charge is -2.12. The molecular formula is C30H21N5O13S4. The Bertz CT molecular complexity index is 3040. The lowest BCUT2D eigenvalue weighted by Crippen LogP contribution is -2.05. The van der Waals surface area contributed by atoms with Gasteiger partial charge in [-0.1, -0.05) is 24.3 Å². The lowest BCUT2D eigenvalue weighted by molar-refractivity contribution is 0.472. The van der Waals surface area contributed by atoms with Gasteiger partial charge in [0.2, 0.25) is 0 Å². The van der Waals surface area contributed by atoms with Crippen LogP contribution in [0.1, 0.15) is 0 Å². The van der Waals surface area contributed by atoms with E-state index in [4.69, 9.17) is 5.73 Å². The Balaban J connectivity index is 1.50. The van der Waals surface area contributed by atoms with Crippen molar-refractivity contribution in [3.05, 3.63) is 84.9 Å². The smallest absolute Gasteiger partial charge is 0.296 e. The van der Waals surface area contributed by atoms with Gasteiger partial charge in [-0.05, 0) is 66.0 Å². The van der Waals surface area contributed by atoms with Crippen molar-refractivity contribution in [2.24, 2.45) is 20.5 Å². The van der Waals surface area contributed by atoms with Crippen LogP contribution >= 0.6 is 0 Å². The molecule has 0 spiro atoms. The van der Waals surface area contributed by atoms with Gasteiger partial charge in [0, 0.05) is 26.9 Å². The zero-order valence-electron chi connectivity index (χ0n) is 25.6. The minimum Gasteiger partial charge on any atom is -0.505 e. The van der Waals surface area contributed by atoms with Gasteiger partial charge in [0.1, 0.15) is 20.4 Å². The van der Waals surface area contributed by atoms with E-state index in [0.29, 0.717) is 11.5 Å². The van der Waals surface area contributed by atoms with E-state index in [2.05, 4.69) is 20.5 Å². The monoisotopic (exact) mass is 787 g/mol. The molecule has 0 unspecified atom stereocenters. The molecule has 22 heteroatoms. The number of nitrogens with zero attached hydrogens (tertiary/aromatic N) is 4. The normalized spacial score (nSPS) is 13.2. The molecule has 52 heavy (non-hydrogen) atoms. The molecular weight excluding hydrogens is 767 g/mol. The molecule has 18 nitrogen and oxygen atoms in total. The Labute approximate surface area is 293 Å². The molecule has 6 aromatic rings. The Morgan fingerprint density at radius 1 is 0.481 bits per heavy atom. The Morgan fingerprint density at radius 3 is 1.71 bits per heavy atom. The number of benzene rings is 6. The van der Waals surface area contributed by atoms with Crippen LogP contribution in [0.2, 0.25) is 0 Å². The van der Waals surface area contributed by atoms with Crippen LogP contribution in [0.5, 0.6) is 5.75 Å². The van der Waals surface area contributed by atoms with E-state index in [1.807, 2.05) is 0 Å². The maximum atomic E-state index is 12.4. The van der Waals surface area contributed by atoms with Crippen LogP contribution < -0.4 is 5.73 Å². The predicted octanol–water partition coefficient (Wildman–Crippen LogP) is 6.25. The first kappa shape index (κ1) is 36.3. The first-order valence-corrected chi connectivity index (χ1v) is 19.8. The topological polar surface area (TPSA) is 313 Å². The summed E-state index contributed by atoms with van der Waals surface area (Å²) >= 11 is 0. The number of nitrogen functional groups attached to an aromatic ring is 1. The number of fused-ring (bicyclic) bond motifs is 3. The molecule has 0 radical (unpaired) electrons. The van der Waals surface area contributed by atoms with Crippen molar-refractivity contribution in [3.8, 4) is 5.75 Å². The fourth-order valence-electron chi connectivity index (χ4n) is 5.32. The van der Waals surface area contributed by atoms with Crippen molar-refractivity contribution in [2.75, 3.05) is 5.73 Å². The first-order valence-electron chi connectivity index (χ1n) is 14.1. The molecule has 0 saturated carbocycles. The third-order valence-corrected chi connectivity index (χ3v) is 11.2. The van der Waals surface area contributed by atoms with Crippen molar-refractivity contribution in [1.82, 2.24) is 0 Å². The van der Waals surface area contributed by atoms with Crippen molar-refractivity contribution in [3.63, 3.8) is 0 Å². The summed E-state index contributed by atoms with van der Waals surface area (Å²) in [6.45, 7) is 0. The molecule has 0 aliphatic rings. The molecule has 0 fully saturated rings. The van der Waals surface area contributed by atoms with Crippen molar-refractivity contribution < 1.29 is 57.0 Å². The molecule has 0 heterocycles. The summed E-state index contributed by atoms with van der Waals surface area (Å²) in [7, 11) is -19.4. The number of aromatic hydroxyl groups is 1. The van der Waals surface area contributed by atoms with Crippen LogP contribution in [-0.4, -0.2) is 57.0 Å². The SMILES string of the molecule is Nc1c(S(=O)(=O)O)ccc2c(O)c(N=Nc3ccc(N=Nc4ccc5c(S(=O)(=O)O)cccc5c4)c4ccc(S(=O)(=O)O)cc34)c(S(=O)(=O)O)cc12. The maximum Gasteiger partial charge on any atom is 0.296 e. The van der Waals surface area contributed by atoms with E-state index >= 15 is 0 Å². The fraction of sp³-hybridized carbons (Fsp3) is 0. The van der Waals surface area contributed by atoms with Gasteiger partial charge in [-0.3, -0.25) is 18.2 Å². The Hall–Kier alpha value is -5.46. The van der Waals surface area contributed by atoms with E-state index in [1.54, 1.807) is 6.07 Å². The highest BCUT2D eigenvalue weighted by molar-refractivity contribution is 7.86. The zero-order chi connectivity index (χ0) is 38.0. The third-order valence-electron chi connectivity index (χ3n) is 7.66. The predicted molar refractivity (Wildman–Crippen MR) is 186 cm³/mol. The molecule has 6 aromatic carbocycles. The number of phenols is 1. The molecule has 0 atom stereocenters. The molecule has 0 bridgehead atoms. The molecule has 0 saturated heterocycles. The van der Waals surface area contributed by atoms with Crippen LogP contribution in [0.4, 0.5) is 28.4 Å². The highest BCUT2D eigenvalue weighted by Crippen LogP contribution is 2.45. The van der Waals surface area contributed by atoms with E-state index in [9.17, 15) is 57.0 Å². The van der Waals surface area contributed by atoms with Gasteiger partial charge in [-0.25, -0.2) is 0 Å². The van der Waals surface area contributed by atoms with Gasteiger partial charge in [0.25, 0.3) is 40.5 Å². The van der Waals surface area contributed by atoms with Crippen molar-refractivity contribution >= 4 is 101 Å². The number of hydrogen-bond acceptors (Lipinski definition) is 14. The zero-order valence-corrected chi connectivity index (χ0v) is 28.9. The van der Waals surface area contributed by atoms with Gasteiger partial charge < -0.3 is 10.8 Å². The highest BCUT2D eigenvalue weighted by Gasteiger charge is 2.26. The number of hydrogen-bond donors (Lipinski definition) is 6. The number of anilines is 1. The summed E-state index contributed by atoms with van der Waals surface area (Å²) in [5, 5.41) is 27.3. The molecule has 0 aromatic heterocycles. The molecule has 7 N–H and O–H groups in total. The minimum absolute atomic E-state index is 0.0256. The van der Waals surface area contributed by atoms with Crippen LogP contribution in [0.3, 0.4) is 0 Å². The number of azo groups is 2. The number of rotatable bonds is 8. The standard InChI is InChI=1S/C30H21N5O13S4/c31-28-22-14-27(52(46,47)48)29(30(36)20(22)8-11-26(28)51(43,44)45)35-34-24-10-9-23(19-7-5-17(13-21(19)24)49(37,38)39)33-32-16-4-6-18-15(12-16)2-1-3-25(18)50(40,41)42/h1-14,36H,31H2,(H,37,38,39)(H,40,41,42)(H,43,44,45)(H,46,47,48). The molecule has 0 aliphatic carbocycles. The van der Waals surface area contributed by atoms with E-state index < -0.39 is 72.3 Å². The van der Waals surface area contributed by atoms with Crippen molar-refractivity contribution in [2.45, 2.75) is 19.6 Å². The summed E-state index contributed by atoms with van der Waals surface area (Å²) in [6, 6.07) is 17.1. The Kier molecular flexibility index (Phi) is 8.83. The minimum atomic E-state index is -5.21. The third kappa shape index (κ3) is 6.91.